The summed E-state index contributed by atoms with van der Waals surface area (Å²) in [5, 5.41) is 20.3. The molecule has 1 saturated carbocycles. The van der Waals surface area contributed by atoms with Crippen LogP contribution < -0.4 is 11.1 Å². The van der Waals surface area contributed by atoms with Crippen molar-refractivity contribution in [1.29, 1.82) is 0 Å². The number of rotatable bonds is 11. The van der Waals surface area contributed by atoms with Gasteiger partial charge in [-0.15, -0.1) is 0 Å². The van der Waals surface area contributed by atoms with E-state index in [4.69, 9.17) is 15.9 Å². The number of carboxylic acids is 2. The van der Waals surface area contributed by atoms with Crippen LogP contribution in [0.1, 0.15) is 39.5 Å². The van der Waals surface area contributed by atoms with E-state index < -0.39 is 18.0 Å². The summed E-state index contributed by atoms with van der Waals surface area (Å²) < 4.78 is 0. The number of hydrogen-bond donors (Lipinski definition) is 4. The minimum Gasteiger partial charge on any atom is -0.480 e. The molecule has 0 saturated heterocycles. The molecule has 1 amide bonds. The monoisotopic (exact) mass is 358 g/mol. The Morgan fingerprint density at radius 1 is 1.33 bits per heavy atom. The first-order valence-electron chi connectivity index (χ1n) is 7.95. The largest absolute Gasteiger partial charge is 0.480 e. The quantitative estimate of drug-likeness (QED) is 0.325. The molecule has 1 aliphatic rings. The summed E-state index contributed by atoms with van der Waals surface area (Å²) in [5.74, 6) is -1.37. The van der Waals surface area contributed by atoms with Crippen LogP contribution in [0.3, 0.4) is 0 Å². The number of aliphatic carboxylic acids is 2. The maximum Gasteiger partial charge on any atom is 0.352 e. The Kier molecular flexibility index (Phi) is 7.75. The highest BCUT2D eigenvalue weighted by atomic mass is 32.2. The SMILES string of the molecule is CC1(C)C[C@@H]1C(=O)NC(=CCCCCSC[C@H](N)C(=O)O)C(=O)O. The number of nitrogens with two attached hydrogens (primary N) is 1. The Labute approximate surface area is 146 Å². The molecule has 0 aliphatic heterocycles. The van der Waals surface area contributed by atoms with Gasteiger partial charge in [-0.1, -0.05) is 19.9 Å². The predicted molar refractivity (Wildman–Crippen MR) is 92.5 cm³/mol. The van der Waals surface area contributed by atoms with Gasteiger partial charge in [0.05, 0.1) is 0 Å². The molecule has 0 aromatic heterocycles. The van der Waals surface area contributed by atoms with E-state index in [0.29, 0.717) is 12.2 Å². The van der Waals surface area contributed by atoms with Crippen molar-refractivity contribution in [1.82, 2.24) is 5.32 Å². The molecule has 8 heteroatoms. The zero-order valence-electron chi connectivity index (χ0n) is 14.1. The summed E-state index contributed by atoms with van der Waals surface area (Å²) >= 11 is 1.46. The van der Waals surface area contributed by atoms with Crippen LogP contribution in [-0.2, 0) is 14.4 Å². The zero-order chi connectivity index (χ0) is 18.3. The lowest BCUT2D eigenvalue weighted by Gasteiger charge is -2.08. The summed E-state index contributed by atoms with van der Waals surface area (Å²) in [6.45, 7) is 3.96. The summed E-state index contributed by atoms with van der Waals surface area (Å²) in [7, 11) is 0. The highest BCUT2D eigenvalue weighted by molar-refractivity contribution is 7.99. The molecule has 1 fully saturated rings. The third-order valence-corrected chi connectivity index (χ3v) is 5.20. The lowest BCUT2D eigenvalue weighted by molar-refractivity contribution is -0.138. The number of carbonyl (C=O) groups excluding carboxylic acids is 1. The minimum atomic E-state index is -1.14. The highest BCUT2D eigenvalue weighted by Crippen LogP contribution is 2.51. The van der Waals surface area contributed by atoms with Crippen molar-refractivity contribution in [3.05, 3.63) is 11.8 Å². The van der Waals surface area contributed by atoms with Crippen LogP contribution in [0.4, 0.5) is 0 Å². The van der Waals surface area contributed by atoms with Crippen molar-refractivity contribution >= 4 is 29.6 Å². The van der Waals surface area contributed by atoms with Crippen LogP contribution in [0.2, 0.25) is 0 Å². The Morgan fingerprint density at radius 3 is 2.46 bits per heavy atom. The highest BCUT2D eigenvalue weighted by Gasteiger charge is 2.50. The average Bonchev–Trinajstić information content (AvgIpc) is 3.13. The number of thioether (sulfide) groups is 1. The molecule has 1 aliphatic carbocycles. The predicted octanol–water partition coefficient (Wildman–Crippen LogP) is 1.43. The fraction of sp³-hybridized carbons (Fsp3) is 0.688. The van der Waals surface area contributed by atoms with Crippen molar-refractivity contribution in [2.75, 3.05) is 11.5 Å². The van der Waals surface area contributed by atoms with Gasteiger partial charge in [0.15, 0.2) is 0 Å². The molecule has 0 unspecified atom stereocenters. The van der Waals surface area contributed by atoms with E-state index in [1.54, 1.807) is 0 Å². The summed E-state index contributed by atoms with van der Waals surface area (Å²) in [4.78, 5) is 33.7. The molecule has 0 aromatic carbocycles. The molecule has 1 rings (SSSR count). The standard InChI is InChI=1S/C16H26N2O5S/c1-16(2)8-10(16)13(19)18-12(15(22)23)6-4-3-5-7-24-9-11(17)14(20)21/h6,10-11H,3-5,7-9,17H2,1-2H3,(H,18,19)(H,20,21)(H,22,23)/t10-,11+/m1/s1. The summed E-state index contributed by atoms with van der Waals surface area (Å²) in [5.41, 5.74) is 5.28. The lowest BCUT2D eigenvalue weighted by Crippen LogP contribution is -2.32. The molecule has 24 heavy (non-hydrogen) atoms. The first kappa shape index (κ1) is 20.5. The molecule has 0 heterocycles. The second-order valence-corrected chi connectivity index (χ2v) is 7.82. The van der Waals surface area contributed by atoms with E-state index in [1.165, 1.54) is 17.8 Å². The summed E-state index contributed by atoms with van der Waals surface area (Å²) in [6, 6.07) is -0.851. The van der Waals surface area contributed by atoms with Gasteiger partial charge in [-0.3, -0.25) is 9.59 Å². The Balaban J connectivity index is 2.25. The van der Waals surface area contributed by atoms with Crippen LogP contribution >= 0.6 is 11.8 Å². The lowest BCUT2D eigenvalue weighted by atomic mass is 10.1. The van der Waals surface area contributed by atoms with Gasteiger partial charge in [0, 0.05) is 11.7 Å². The smallest absolute Gasteiger partial charge is 0.352 e. The zero-order valence-corrected chi connectivity index (χ0v) is 14.9. The van der Waals surface area contributed by atoms with E-state index in [9.17, 15) is 14.4 Å². The first-order valence-corrected chi connectivity index (χ1v) is 9.11. The van der Waals surface area contributed by atoms with E-state index in [-0.39, 0.29) is 22.9 Å². The molecule has 2 atom stereocenters. The van der Waals surface area contributed by atoms with Gasteiger partial charge in [0.25, 0.3) is 0 Å². The molecule has 5 N–H and O–H groups in total. The minimum absolute atomic E-state index is 0.0400. The van der Waals surface area contributed by atoms with Gasteiger partial charge in [0.1, 0.15) is 11.7 Å². The van der Waals surface area contributed by atoms with Crippen molar-refractivity contribution in [3.8, 4) is 0 Å². The Hall–Kier alpha value is -1.54. The fourth-order valence-electron chi connectivity index (χ4n) is 2.20. The Morgan fingerprint density at radius 2 is 1.96 bits per heavy atom. The van der Waals surface area contributed by atoms with Crippen LogP contribution in [0.25, 0.3) is 0 Å². The first-order chi connectivity index (χ1) is 11.1. The maximum atomic E-state index is 12.0. The van der Waals surface area contributed by atoms with Crippen LogP contribution in [0, 0.1) is 11.3 Å². The van der Waals surface area contributed by atoms with Crippen LogP contribution in [-0.4, -0.2) is 45.6 Å². The van der Waals surface area contributed by atoms with Gasteiger partial charge in [0.2, 0.25) is 5.91 Å². The van der Waals surface area contributed by atoms with Gasteiger partial charge in [-0.25, -0.2) is 4.79 Å². The van der Waals surface area contributed by atoms with E-state index in [0.717, 1.165) is 25.0 Å². The number of carbonyl (C=O) groups is 3. The molecule has 0 aromatic rings. The topological polar surface area (TPSA) is 130 Å². The normalized spacial score (nSPS) is 20.3. The van der Waals surface area contributed by atoms with Crippen molar-refractivity contribution in [3.63, 3.8) is 0 Å². The molecule has 0 spiro atoms. The third-order valence-electron chi connectivity index (χ3n) is 4.02. The molecular formula is C16H26N2O5S. The van der Waals surface area contributed by atoms with Crippen molar-refractivity contribution < 1.29 is 24.6 Å². The van der Waals surface area contributed by atoms with Gasteiger partial charge >= 0.3 is 11.9 Å². The molecular weight excluding hydrogens is 332 g/mol. The van der Waals surface area contributed by atoms with E-state index >= 15 is 0 Å². The molecule has 0 bridgehead atoms. The van der Waals surface area contributed by atoms with Crippen LogP contribution in [0.15, 0.2) is 11.8 Å². The third kappa shape index (κ3) is 6.92. The van der Waals surface area contributed by atoms with E-state index in [2.05, 4.69) is 5.32 Å². The second kappa shape index (κ2) is 9.08. The number of carboxylic acid groups (broad SMARTS) is 2. The Bertz CT molecular complexity index is 519. The molecule has 0 radical (unpaired) electrons. The number of nitrogens with one attached hydrogen (secondary N) is 1. The van der Waals surface area contributed by atoms with Gasteiger partial charge < -0.3 is 21.3 Å². The fourth-order valence-corrected chi connectivity index (χ4v) is 3.17. The number of amides is 1. The molecule has 136 valence electrons. The maximum absolute atomic E-state index is 12.0. The van der Waals surface area contributed by atoms with E-state index in [1.807, 2.05) is 13.8 Å². The van der Waals surface area contributed by atoms with Gasteiger partial charge in [-0.05, 0) is 36.9 Å². The van der Waals surface area contributed by atoms with Crippen LogP contribution in [0.5, 0.6) is 0 Å². The van der Waals surface area contributed by atoms with Crippen molar-refractivity contribution in [2.24, 2.45) is 17.1 Å². The molecule has 7 nitrogen and oxygen atoms in total. The number of allylic oxidation sites excluding steroid dienone is 1. The number of unbranched alkanes of at least 4 members (excludes halogenated alkanes) is 2. The van der Waals surface area contributed by atoms with Crippen molar-refractivity contribution in [2.45, 2.75) is 45.6 Å². The average molecular weight is 358 g/mol. The number of hydrogen-bond acceptors (Lipinski definition) is 5. The summed E-state index contributed by atoms with van der Waals surface area (Å²) in [6.07, 6.45) is 4.44. The van der Waals surface area contributed by atoms with Gasteiger partial charge in [-0.2, -0.15) is 11.8 Å². The second-order valence-electron chi connectivity index (χ2n) is 6.67.